The molecule has 0 aliphatic carbocycles. The van der Waals surface area contributed by atoms with Gasteiger partial charge in [-0.05, 0) is 34.2 Å². The molecule has 0 spiro atoms. The summed E-state index contributed by atoms with van der Waals surface area (Å²) in [7, 11) is 0. The lowest BCUT2D eigenvalue weighted by atomic mass is 10.1. The largest absolute Gasteiger partial charge is 0.419 e. The molecule has 3 aromatic rings. The monoisotopic (exact) mass is 397 g/mol. The van der Waals surface area contributed by atoms with Gasteiger partial charge in [-0.2, -0.15) is 0 Å². The zero-order chi connectivity index (χ0) is 21.0. The highest BCUT2D eigenvalue weighted by Crippen LogP contribution is 2.33. The smallest absolute Gasteiger partial charge is 0.253 e. The van der Waals surface area contributed by atoms with Crippen LogP contribution in [0.3, 0.4) is 0 Å². The average molecular weight is 397 g/mol. The number of aryl methyl sites for hydroxylation is 1. The molecule has 0 radical (unpaired) electrons. The van der Waals surface area contributed by atoms with Gasteiger partial charge < -0.3 is 14.3 Å². The van der Waals surface area contributed by atoms with E-state index in [1.165, 1.54) is 0 Å². The molecule has 0 saturated heterocycles. The minimum atomic E-state index is -0.270. The number of nitrogens with zero attached hydrogens (tertiary/aromatic N) is 4. The van der Waals surface area contributed by atoms with Crippen LogP contribution in [-0.4, -0.2) is 44.8 Å². The number of benzene rings is 1. The molecular formula is C21H27N5O3. The molecule has 0 fully saturated rings. The molecule has 8 nitrogen and oxygen atoms in total. The second-order valence-corrected chi connectivity index (χ2v) is 7.93. The van der Waals surface area contributed by atoms with Crippen LogP contribution in [0.25, 0.3) is 22.7 Å². The van der Waals surface area contributed by atoms with Gasteiger partial charge in [0.15, 0.2) is 0 Å². The molecule has 2 heterocycles. The Labute approximate surface area is 170 Å². The molecule has 29 heavy (non-hydrogen) atoms. The lowest BCUT2D eigenvalue weighted by Gasteiger charge is -2.24. The molecule has 154 valence electrons. The number of amides is 1. The highest BCUT2D eigenvalue weighted by Gasteiger charge is 2.23. The third-order valence-corrected chi connectivity index (χ3v) is 4.28. The zero-order valence-electron chi connectivity index (χ0n) is 17.5. The van der Waals surface area contributed by atoms with Crippen molar-refractivity contribution >= 4 is 5.91 Å². The van der Waals surface area contributed by atoms with E-state index in [4.69, 9.17) is 8.94 Å². The van der Waals surface area contributed by atoms with Crippen molar-refractivity contribution in [3.8, 4) is 22.7 Å². The Hall–Kier alpha value is -3.00. The second kappa shape index (κ2) is 8.57. The molecule has 1 N–H and O–H groups in total. The third kappa shape index (κ3) is 5.29. The first kappa shape index (κ1) is 20.7. The molecule has 3 rings (SSSR count). The van der Waals surface area contributed by atoms with Crippen LogP contribution in [0.2, 0.25) is 0 Å². The summed E-state index contributed by atoms with van der Waals surface area (Å²) < 4.78 is 11.3. The van der Waals surface area contributed by atoms with Crippen LogP contribution in [0, 0.1) is 6.92 Å². The maximum Gasteiger partial charge on any atom is 0.253 e. The van der Waals surface area contributed by atoms with Crippen molar-refractivity contribution in [2.75, 3.05) is 13.1 Å². The Bertz CT molecular complexity index is 956. The highest BCUT2D eigenvalue weighted by molar-refractivity contribution is 5.79. The molecule has 0 saturated carbocycles. The summed E-state index contributed by atoms with van der Waals surface area (Å²) in [6.07, 6.45) is 0. The molecular weight excluding hydrogens is 370 g/mol. The van der Waals surface area contributed by atoms with Crippen molar-refractivity contribution in [1.29, 1.82) is 0 Å². The number of rotatable bonds is 7. The lowest BCUT2D eigenvalue weighted by molar-refractivity contribution is -0.123. The fraction of sp³-hybridized carbons (Fsp3) is 0.429. The van der Waals surface area contributed by atoms with Crippen molar-refractivity contribution in [2.45, 2.75) is 46.7 Å². The van der Waals surface area contributed by atoms with E-state index in [9.17, 15) is 4.79 Å². The van der Waals surface area contributed by atoms with Gasteiger partial charge in [0.2, 0.25) is 11.8 Å². The van der Waals surface area contributed by atoms with Crippen LogP contribution >= 0.6 is 0 Å². The SMILES string of the molecule is CCN(CC(=O)NC(C)(C)C)Cc1nnc(-c2c(-c3ccccc3)noc2C)o1. The minimum absolute atomic E-state index is 0.0414. The van der Waals surface area contributed by atoms with Gasteiger partial charge >= 0.3 is 0 Å². The fourth-order valence-corrected chi connectivity index (χ4v) is 2.97. The first-order chi connectivity index (χ1) is 13.8. The van der Waals surface area contributed by atoms with Crippen LogP contribution in [0.1, 0.15) is 39.3 Å². The Morgan fingerprint density at radius 2 is 1.90 bits per heavy atom. The van der Waals surface area contributed by atoms with Crippen molar-refractivity contribution < 1.29 is 13.7 Å². The number of hydrogen-bond acceptors (Lipinski definition) is 7. The van der Waals surface area contributed by atoms with E-state index in [0.29, 0.717) is 41.9 Å². The van der Waals surface area contributed by atoms with Crippen molar-refractivity contribution in [2.24, 2.45) is 0 Å². The summed E-state index contributed by atoms with van der Waals surface area (Å²) in [5, 5.41) is 15.5. The van der Waals surface area contributed by atoms with Crippen LogP contribution in [0.5, 0.6) is 0 Å². The number of aromatic nitrogens is 3. The van der Waals surface area contributed by atoms with Crippen molar-refractivity contribution in [3.63, 3.8) is 0 Å². The second-order valence-electron chi connectivity index (χ2n) is 7.93. The van der Waals surface area contributed by atoms with Gasteiger partial charge in [0, 0.05) is 11.1 Å². The quantitative estimate of drug-likeness (QED) is 0.652. The number of nitrogens with one attached hydrogen (secondary N) is 1. The van der Waals surface area contributed by atoms with Gasteiger partial charge in [0.1, 0.15) is 17.0 Å². The first-order valence-electron chi connectivity index (χ1n) is 9.64. The molecule has 2 aromatic heterocycles. The van der Waals surface area contributed by atoms with Gasteiger partial charge in [-0.1, -0.05) is 42.4 Å². The number of carbonyl (C=O) groups is 1. The van der Waals surface area contributed by atoms with E-state index in [0.717, 1.165) is 5.56 Å². The van der Waals surface area contributed by atoms with Gasteiger partial charge in [0.05, 0.1) is 13.1 Å². The van der Waals surface area contributed by atoms with Crippen LogP contribution in [-0.2, 0) is 11.3 Å². The topological polar surface area (TPSA) is 97.3 Å². The maximum absolute atomic E-state index is 12.2. The highest BCUT2D eigenvalue weighted by atomic mass is 16.5. The Morgan fingerprint density at radius 3 is 2.55 bits per heavy atom. The summed E-state index contributed by atoms with van der Waals surface area (Å²) in [4.78, 5) is 14.2. The Kier molecular flexibility index (Phi) is 6.12. The van der Waals surface area contributed by atoms with E-state index in [1.807, 2.05) is 69.9 Å². The third-order valence-electron chi connectivity index (χ3n) is 4.28. The molecule has 0 aliphatic heterocycles. The molecule has 8 heteroatoms. The number of likely N-dealkylation sites (N-methyl/N-ethyl adjacent to an activating group) is 1. The van der Waals surface area contributed by atoms with Gasteiger partial charge in [-0.15, -0.1) is 10.2 Å². The van der Waals surface area contributed by atoms with Crippen LogP contribution in [0.4, 0.5) is 0 Å². The number of carbonyl (C=O) groups excluding carboxylic acids is 1. The van der Waals surface area contributed by atoms with E-state index in [2.05, 4.69) is 20.7 Å². The van der Waals surface area contributed by atoms with Gasteiger partial charge in [0.25, 0.3) is 5.89 Å². The molecule has 0 unspecified atom stereocenters. The van der Waals surface area contributed by atoms with Crippen LogP contribution in [0.15, 0.2) is 39.3 Å². The van der Waals surface area contributed by atoms with E-state index >= 15 is 0 Å². The predicted octanol–water partition coefficient (Wildman–Crippen LogP) is 3.44. The van der Waals surface area contributed by atoms with Crippen molar-refractivity contribution in [3.05, 3.63) is 42.0 Å². The summed E-state index contributed by atoms with van der Waals surface area (Å²) in [6, 6.07) is 9.71. The number of hydrogen-bond donors (Lipinski definition) is 1. The fourth-order valence-electron chi connectivity index (χ4n) is 2.97. The standard InChI is InChI=1S/C21H27N5O3/c1-6-26(12-16(27)22-21(3,4)5)13-17-23-24-20(28-17)18-14(2)29-25-19(18)15-10-8-7-9-11-15/h7-11H,6,12-13H2,1-5H3,(H,22,27). The first-order valence-corrected chi connectivity index (χ1v) is 9.64. The lowest BCUT2D eigenvalue weighted by Crippen LogP contribution is -2.45. The van der Waals surface area contributed by atoms with Crippen LogP contribution < -0.4 is 5.32 Å². The summed E-state index contributed by atoms with van der Waals surface area (Å²) in [6.45, 7) is 11.0. The molecule has 0 aliphatic rings. The predicted molar refractivity (Wildman–Crippen MR) is 109 cm³/mol. The zero-order valence-corrected chi connectivity index (χ0v) is 17.5. The summed E-state index contributed by atoms with van der Waals surface area (Å²) in [5.41, 5.74) is 1.99. The molecule has 1 amide bonds. The molecule has 1 aromatic carbocycles. The normalized spacial score (nSPS) is 11.8. The molecule has 0 atom stereocenters. The summed E-state index contributed by atoms with van der Waals surface area (Å²) >= 11 is 0. The van der Waals surface area contributed by atoms with Crippen molar-refractivity contribution in [1.82, 2.24) is 25.6 Å². The maximum atomic E-state index is 12.2. The molecule has 0 bridgehead atoms. The van der Waals surface area contributed by atoms with E-state index < -0.39 is 0 Å². The van der Waals surface area contributed by atoms with E-state index in [1.54, 1.807) is 0 Å². The van der Waals surface area contributed by atoms with E-state index in [-0.39, 0.29) is 18.0 Å². The summed E-state index contributed by atoms with van der Waals surface area (Å²) in [5.74, 6) is 1.36. The Morgan fingerprint density at radius 1 is 1.17 bits per heavy atom. The average Bonchev–Trinajstić information content (AvgIpc) is 3.26. The van der Waals surface area contributed by atoms with Gasteiger partial charge in [-0.25, -0.2) is 0 Å². The minimum Gasteiger partial charge on any atom is -0.419 e. The van der Waals surface area contributed by atoms with Gasteiger partial charge in [-0.3, -0.25) is 9.69 Å². The Balaban J connectivity index is 1.76.